The molecule has 1 aromatic rings. The topological polar surface area (TPSA) is 76.4 Å². The van der Waals surface area contributed by atoms with Crippen LogP contribution >= 0.6 is 0 Å². The van der Waals surface area contributed by atoms with Crippen LogP contribution in [-0.4, -0.2) is 36.8 Å². The summed E-state index contributed by atoms with van der Waals surface area (Å²) in [5.74, 6) is -0.125. The summed E-state index contributed by atoms with van der Waals surface area (Å²) in [4.78, 5) is 13.8. The standard InChI is InChI=1S/C13H15N3O2/c14-8-10-2-4-11(5-3-10)16-7-1-6-15-12(9-17)13(16)18/h2-5,12,15,17H,1,6-7,9H2. The lowest BCUT2D eigenvalue weighted by Gasteiger charge is -2.23. The number of nitrogens with zero attached hydrogens (tertiary/aromatic N) is 2. The molecule has 1 atom stereocenters. The van der Waals surface area contributed by atoms with E-state index in [2.05, 4.69) is 5.32 Å². The Kier molecular flexibility index (Phi) is 3.92. The van der Waals surface area contributed by atoms with Gasteiger partial charge in [0.15, 0.2) is 0 Å². The van der Waals surface area contributed by atoms with Gasteiger partial charge in [0, 0.05) is 12.2 Å². The van der Waals surface area contributed by atoms with Crippen LogP contribution in [-0.2, 0) is 4.79 Å². The van der Waals surface area contributed by atoms with Gasteiger partial charge in [0.25, 0.3) is 0 Å². The summed E-state index contributed by atoms with van der Waals surface area (Å²) >= 11 is 0. The van der Waals surface area contributed by atoms with E-state index in [0.29, 0.717) is 18.7 Å². The monoisotopic (exact) mass is 245 g/mol. The maximum absolute atomic E-state index is 12.2. The molecule has 0 spiro atoms. The second kappa shape index (κ2) is 5.63. The van der Waals surface area contributed by atoms with E-state index in [9.17, 15) is 9.90 Å². The normalized spacial score (nSPS) is 20.3. The lowest BCUT2D eigenvalue weighted by atomic mass is 10.2. The van der Waals surface area contributed by atoms with Crippen LogP contribution < -0.4 is 10.2 Å². The van der Waals surface area contributed by atoms with Crippen molar-refractivity contribution in [1.82, 2.24) is 5.32 Å². The van der Waals surface area contributed by atoms with Gasteiger partial charge < -0.3 is 15.3 Å². The van der Waals surface area contributed by atoms with Crippen LogP contribution in [0.5, 0.6) is 0 Å². The van der Waals surface area contributed by atoms with Crippen LogP contribution in [0.4, 0.5) is 5.69 Å². The minimum absolute atomic E-state index is 0.125. The number of carbonyl (C=O) groups excluding carboxylic acids is 1. The molecule has 1 fully saturated rings. The quantitative estimate of drug-likeness (QED) is 0.783. The molecule has 5 nitrogen and oxygen atoms in total. The van der Waals surface area contributed by atoms with Gasteiger partial charge in [-0.15, -0.1) is 0 Å². The van der Waals surface area contributed by atoms with Gasteiger partial charge in [0.1, 0.15) is 6.04 Å². The first-order valence-electron chi connectivity index (χ1n) is 5.92. The van der Waals surface area contributed by atoms with Crippen molar-refractivity contribution in [3.63, 3.8) is 0 Å². The van der Waals surface area contributed by atoms with Crippen LogP contribution in [0.2, 0.25) is 0 Å². The fourth-order valence-electron chi connectivity index (χ4n) is 2.01. The van der Waals surface area contributed by atoms with Gasteiger partial charge in [-0.2, -0.15) is 5.26 Å². The molecular weight excluding hydrogens is 230 g/mol. The molecule has 1 saturated heterocycles. The van der Waals surface area contributed by atoms with Gasteiger partial charge in [0.05, 0.1) is 18.2 Å². The van der Waals surface area contributed by atoms with E-state index in [0.717, 1.165) is 12.1 Å². The Morgan fingerprint density at radius 2 is 2.17 bits per heavy atom. The van der Waals surface area contributed by atoms with Crippen LogP contribution in [0.15, 0.2) is 24.3 Å². The molecule has 0 aliphatic carbocycles. The molecule has 0 bridgehead atoms. The Hall–Kier alpha value is -1.90. The van der Waals surface area contributed by atoms with Crippen molar-refractivity contribution in [2.24, 2.45) is 0 Å². The number of anilines is 1. The molecule has 0 aromatic heterocycles. The minimum atomic E-state index is -0.539. The van der Waals surface area contributed by atoms with E-state index in [-0.39, 0.29) is 12.5 Å². The van der Waals surface area contributed by atoms with E-state index >= 15 is 0 Å². The molecule has 1 heterocycles. The van der Waals surface area contributed by atoms with E-state index in [1.165, 1.54) is 0 Å². The van der Waals surface area contributed by atoms with Crippen LogP contribution in [0.1, 0.15) is 12.0 Å². The van der Waals surface area contributed by atoms with Gasteiger partial charge in [-0.1, -0.05) is 0 Å². The number of aliphatic hydroxyl groups is 1. The average Bonchev–Trinajstić information content (AvgIpc) is 2.60. The summed E-state index contributed by atoms with van der Waals surface area (Å²) in [5, 5.41) is 20.9. The van der Waals surface area contributed by atoms with Crippen LogP contribution in [0.25, 0.3) is 0 Å². The zero-order valence-electron chi connectivity index (χ0n) is 9.97. The third-order valence-corrected chi connectivity index (χ3v) is 3.00. The van der Waals surface area contributed by atoms with Crippen molar-refractivity contribution in [1.29, 1.82) is 5.26 Å². The molecule has 0 saturated carbocycles. The number of nitriles is 1. The third-order valence-electron chi connectivity index (χ3n) is 3.00. The Morgan fingerprint density at radius 3 is 2.78 bits per heavy atom. The minimum Gasteiger partial charge on any atom is -0.394 e. The first kappa shape index (κ1) is 12.6. The van der Waals surface area contributed by atoms with Crippen molar-refractivity contribution < 1.29 is 9.90 Å². The first-order valence-corrected chi connectivity index (χ1v) is 5.92. The Bertz CT molecular complexity index is 464. The highest BCUT2D eigenvalue weighted by Crippen LogP contribution is 2.18. The first-order chi connectivity index (χ1) is 8.76. The second-order valence-corrected chi connectivity index (χ2v) is 4.19. The maximum atomic E-state index is 12.2. The molecule has 5 heteroatoms. The predicted molar refractivity (Wildman–Crippen MR) is 67.0 cm³/mol. The van der Waals surface area contributed by atoms with Crippen LogP contribution in [0.3, 0.4) is 0 Å². The Morgan fingerprint density at radius 1 is 1.44 bits per heavy atom. The van der Waals surface area contributed by atoms with Gasteiger partial charge in [-0.3, -0.25) is 4.79 Å². The number of aliphatic hydroxyl groups excluding tert-OH is 1. The van der Waals surface area contributed by atoms with Crippen molar-refractivity contribution in [3.05, 3.63) is 29.8 Å². The predicted octanol–water partition coefficient (Wildman–Crippen LogP) is 0.245. The Balaban J connectivity index is 2.24. The van der Waals surface area contributed by atoms with Crippen molar-refractivity contribution in [2.75, 3.05) is 24.6 Å². The molecule has 1 aliphatic heterocycles. The number of benzene rings is 1. The SMILES string of the molecule is N#Cc1ccc(N2CCCNC(CO)C2=O)cc1. The summed E-state index contributed by atoms with van der Waals surface area (Å²) in [6, 6.07) is 8.41. The number of rotatable bonds is 2. The molecule has 1 unspecified atom stereocenters. The summed E-state index contributed by atoms with van der Waals surface area (Å²) in [6.07, 6.45) is 0.836. The zero-order valence-corrected chi connectivity index (χ0v) is 9.97. The maximum Gasteiger partial charge on any atom is 0.246 e. The molecule has 1 aromatic carbocycles. The number of hydrogen-bond acceptors (Lipinski definition) is 4. The Labute approximate surface area is 106 Å². The lowest BCUT2D eigenvalue weighted by Crippen LogP contribution is -2.45. The third kappa shape index (κ3) is 2.50. The highest BCUT2D eigenvalue weighted by Gasteiger charge is 2.26. The van der Waals surface area contributed by atoms with Crippen molar-refractivity contribution in [3.8, 4) is 6.07 Å². The largest absolute Gasteiger partial charge is 0.394 e. The molecular formula is C13H15N3O2. The highest BCUT2D eigenvalue weighted by molar-refractivity contribution is 5.97. The summed E-state index contributed by atoms with van der Waals surface area (Å²) in [5.41, 5.74) is 1.33. The molecule has 94 valence electrons. The molecule has 1 aliphatic rings. The summed E-state index contributed by atoms with van der Waals surface area (Å²) < 4.78 is 0. The summed E-state index contributed by atoms with van der Waals surface area (Å²) in [6.45, 7) is 1.13. The second-order valence-electron chi connectivity index (χ2n) is 4.19. The van der Waals surface area contributed by atoms with E-state index in [1.54, 1.807) is 29.2 Å². The van der Waals surface area contributed by atoms with Gasteiger partial charge in [0.2, 0.25) is 5.91 Å². The molecule has 0 radical (unpaired) electrons. The number of hydrogen-bond donors (Lipinski definition) is 2. The highest BCUT2D eigenvalue weighted by atomic mass is 16.3. The number of carbonyl (C=O) groups is 1. The van der Waals surface area contributed by atoms with Crippen LogP contribution in [0, 0.1) is 11.3 Å². The molecule has 1 amide bonds. The lowest BCUT2D eigenvalue weighted by molar-refractivity contribution is -0.121. The van der Waals surface area contributed by atoms with E-state index < -0.39 is 6.04 Å². The molecule has 2 N–H and O–H groups in total. The fourth-order valence-corrected chi connectivity index (χ4v) is 2.01. The van der Waals surface area contributed by atoms with Gasteiger partial charge in [-0.25, -0.2) is 0 Å². The zero-order chi connectivity index (χ0) is 13.0. The number of amides is 1. The van der Waals surface area contributed by atoms with E-state index in [1.807, 2.05) is 6.07 Å². The van der Waals surface area contributed by atoms with E-state index in [4.69, 9.17) is 5.26 Å². The average molecular weight is 245 g/mol. The summed E-state index contributed by atoms with van der Waals surface area (Å²) in [7, 11) is 0. The van der Waals surface area contributed by atoms with Crippen molar-refractivity contribution >= 4 is 11.6 Å². The van der Waals surface area contributed by atoms with Gasteiger partial charge in [-0.05, 0) is 37.2 Å². The number of nitrogens with one attached hydrogen (secondary N) is 1. The molecule has 2 rings (SSSR count). The molecule has 18 heavy (non-hydrogen) atoms. The fraction of sp³-hybridized carbons (Fsp3) is 0.385. The van der Waals surface area contributed by atoms with Crippen molar-refractivity contribution in [2.45, 2.75) is 12.5 Å². The smallest absolute Gasteiger partial charge is 0.246 e. The van der Waals surface area contributed by atoms with Gasteiger partial charge >= 0.3 is 0 Å².